The van der Waals surface area contributed by atoms with E-state index in [1.165, 1.54) is 0 Å². The maximum atomic E-state index is 12.5. The first-order valence-electron chi connectivity index (χ1n) is 9.98. The lowest BCUT2D eigenvalue weighted by Crippen LogP contribution is -2.38. The molecule has 1 saturated heterocycles. The number of carbonyl (C=O) groups is 1. The molecule has 1 unspecified atom stereocenters. The summed E-state index contributed by atoms with van der Waals surface area (Å²) in [6.45, 7) is 3.84. The topological polar surface area (TPSA) is 81.4 Å². The molecule has 1 amide bonds. The van der Waals surface area contributed by atoms with E-state index in [9.17, 15) is 9.59 Å². The number of aromatic nitrogens is 3. The molecular formula is C20H27N5O3. The molecule has 1 fully saturated rings. The fourth-order valence-electron chi connectivity index (χ4n) is 4.02. The molecule has 2 aliphatic heterocycles. The average molecular weight is 385 g/mol. The molecule has 28 heavy (non-hydrogen) atoms. The Hall–Kier alpha value is -2.61. The van der Waals surface area contributed by atoms with Gasteiger partial charge < -0.3 is 10.1 Å². The number of hydrogen-bond acceptors (Lipinski definition) is 5. The van der Waals surface area contributed by atoms with Gasteiger partial charge in [-0.2, -0.15) is 5.10 Å². The van der Waals surface area contributed by atoms with E-state index in [0.717, 1.165) is 57.7 Å². The highest BCUT2D eigenvalue weighted by molar-refractivity contribution is 5.94. The van der Waals surface area contributed by atoms with E-state index in [0.29, 0.717) is 17.9 Å². The van der Waals surface area contributed by atoms with E-state index in [-0.39, 0.29) is 17.6 Å². The quantitative estimate of drug-likeness (QED) is 0.799. The molecule has 1 atom stereocenters. The highest BCUT2D eigenvalue weighted by atomic mass is 16.5. The molecule has 1 N–H and O–H groups in total. The van der Waals surface area contributed by atoms with Crippen LogP contribution in [0.15, 0.2) is 29.1 Å². The number of nitrogens with zero attached hydrogens (tertiary/aromatic N) is 4. The third-order valence-corrected chi connectivity index (χ3v) is 5.60. The molecule has 4 rings (SSSR count). The zero-order valence-electron chi connectivity index (χ0n) is 16.3. The van der Waals surface area contributed by atoms with Crippen LogP contribution in [0, 0.1) is 0 Å². The Kier molecular flexibility index (Phi) is 5.47. The second-order valence-electron chi connectivity index (χ2n) is 7.52. The molecular weight excluding hydrogens is 358 g/mol. The highest BCUT2D eigenvalue weighted by Gasteiger charge is 2.25. The molecule has 2 aliphatic rings. The Morgan fingerprint density at radius 1 is 1.29 bits per heavy atom. The van der Waals surface area contributed by atoms with Crippen molar-refractivity contribution in [2.75, 3.05) is 26.7 Å². The van der Waals surface area contributed by atoms with E-state index in [4.69, 9.17) is 4.74 Å². The van der Waals surface area contributed by atoms with Crippen LogP contribution in [0.25, 0.3) is 0 Å². The van der Waals surface area contributed by atoms with E-state index < -0.39 is 0 Å². The predicted octanol–water partition coefficient (Wildman–Crippen LogP) is 0.894. The van der Waals surface area contributed by atoms with Gasteiger partial charge in [0.2, 0.25) is 0 Å². The van der Waals surface area contributed by atoms with Crippen LogP contribution in [0.4, 0.5) is 0 Å². The Morgan fingerprint density at radius 2 is 2.18 bits per heavy atom. The van der Waals surface area contributed by atoms with Crippen LogP contribution in [0.2, 0.25) is 0 Å². The van der Waals surface area contributed by atoms with Gasteiger partial charge in [0, 0.05) is 44.2 Å². The maximum Gasteiger partial charge on any atom is 0.345 e. The van der Waals surface area contributed by atoms with Crippen molar-refractivity contribution in [1.82, 2.24) is 24.6 Å². The smallest absolute Gasteiger partial charge is 0.345 e. The van der Waals surface area contributed by atoms with Crippen LogP contribution in [0.1, 0.15) is 35.4 Å². The molecule has 0 aliphatic carbocycles. The number of ether oxygens (including phenoxy) is 1. The fourth-order valence-corrected chi connectivity index (χ4v) is 4.02. The fraction of sp³-hybridized carbons (Fsp3) is 0.550. The van der Waals surface area contributed by atoms with Crippen molar-refractivity contribution < 1.29 is 9.53 Å². The van der Waals surface area contributed by atoms with Crippen molar-refractivity contribution >= 4 is 5.91 Å². The summed E-state index contributed by atoms with van der Waals surface area (Å²) in [7, 11) is 1.59. The molecule has 150 valence electrons. The Balaban J connectivity index is 1.29. The number of nitrogens with one attached hydrogen (secondary N) is 1. The molecule has 8 nitrogen and oxygen atoms in total. The molecule has 2 aromatic rings. The van der Waals surface area contributed by atoms with Crippen LogP contribution in [0.5, 0.6) is 5.75 Å². The zero-order valence-corrected chi connectivity index (χ0v) is 16.3. The summed E-state index contributed by atoms with van der Waals surface area (Å²) in [4.78, 5) is 27.2. The van der Waals surface area contributed by atoms with Gasteiger partial charge in [0.15, 0.2) is 0 Å². The summed E-state index contributed by atoms with van der Waals surface area (Å²) in [5, 5.41) is 7.59. The van der Waals surface area contributed by atoms with Crippen LogP contribution >= 0.6 is 0 Å². The second kappa shape index (κ2) is 8.18. The van der Waals surface area contributed by atoms with Crippen LogP contribution < -0.4 is 15.7 Å². The summed E-state index contributed by atoms with van der Waals surface area (Å²) in [5.41, 5.74) is 0.615. The Labute approximate surface area is 164 Å². The van der Waals surface area contributed by atoms with Gasteiger partial charge in [-0.25, -0.2) is 9.48 Å². The SMILES string of the molecule is COc1cccc(C(=O)NC2CCN(CCn3nc4n(c3=O)CCCC4)C2)c1. The highest BCUT2D eigenvalue weighted by Crippen LogP contribution is 2.15. The number of likely N-dealkylation sites (tertiary alicyclic amines) is 1. The largest absolute Gasteiger partial charge is 0.497 e. The Bertz CT molecular complexity index is 903. The van der Waals surface area contributed by atoms with Gasteiger partial charge in [0.1, 0.15) is 11.6 Å². The van der Waals surface area contributed by atoms with Crippen molar-refractivity contribution in [3.8, 4) is 5.75 Å². The molecule has 8 heteroatoms. The van der Waals surface area contributed by atoms with Crippen LogP contribution in [-0.2, 0) is 19.5 Å². The van der Waals surface area contributed by atoms with Gasteiger partial charge in [-0.05, 0) is 37.5 Å². The summed E-state index contributed by atoms with van der Waals surface area (Å²) < 4.78 is 8.59. The second-order valence-corrected chi connectivity index (χ2v) is 7.52. The third-order valence-electron chi connectivity index (χ3n) is 5.60. The molecule has 0 saturated carbocycles. The summed E-state index contributed by atoms with van der Waals surface area (Å²) in [5.74, 6) is 1.51. The number of fused-ring (bicyclic) bond motifs is 1. The standard InChI is InChI=1S/C20H27N5O3/c1-28-17-6-4-5-15(13-17)19(26)21-16-8-10-23(14-16)11-12-25-20(27)24-9-3-2-7-18(24)22-25/h4-6,13,16H,2-3,7-12,14H2,1H3,(H,21,26). The first kappa shape index (κ1) is 18.7. The van der Waals surface area contributed by atoms with Crippen molar-refractivity contribution in [2.45, 2.75) is 44.8 Å². The van der Waals surface area contributed by atoms with Crippen LogP contribution in [0.3, 0.4) is 0 Å². The summed E-state index contributed by atoms with van der Waals surface area (Å²) in [6, 6.07) is 7.29. The van der Waals surface area contributed by atoms with Gasteiger partial charge in [-0.3, -0.25) is 14.3 Å². The van der Waals surface area contributed by atoms with Gasteiger partial charge in [-0.15, -0.1) is 0 Å². The van der Waals surface area contributed by atoms with Crippen molar-refractivity contribution in [3.05, 3.63) is 46.1 Å². The van der Waals surface area contributed by atoms with E-state index in [1.807, 2.05) is 16.7 Å². The summed E-state index contributed by atoms with van der Waals surface area (Å²) in [6.07, 6.45) is 3.96. The molecule has 1 aromatic heterocycles. The number of methoxy groups -OCH3 is 1. The molecule has 0 radical (unpaired) electrons. The van der Waals surface area contributed by atoms with E-state index >= 15 is 0 Å². The van der Waals surface area contributed by atoms with Crippen LogP contribution in [-0.4, -0.2) is 57.9 Å². The van der Waals surface area contributed by atoms with Gasteiger partial charge in [0.25, 0.3) is 5.91 Å². The average Bonchev–Trinajstić information content (AvgIpc) is 3.30. The molecule has 0 spiro atoms. The summed E-state index contributed by atoms with van der Waals surface area (Å²) >= 11 is 0. The minimum absolute atomic E-state index is 0.0109. The predicted molar refractivity (Wildman–Crippen MR) is 105 cm³/mol. The molecule has 1 aromatic carbocycles. The maximum absolute atomic E-state index is 12.5. The number of aryl methyl sites for hydroxylation is 1. The first-order valence-corrected chi connectivity index (χ1v) is 9.98. The lowest BCUT2D eigenvalue weighted by Gasteiger charge is -2.16. The van der Waals surface area contributed by atoms with Gasteiger partial charge in [0.05, 0.1) is 13.7 Å². The lowest BCUT2D eigenvalue weighted by molar-refractivity contribution is 0.0937. The lowest BCUT2D eigenvalue weighted by atomic mass is 10.2. The number of hydrogen-bond donors (Lipinski definition) is 1. The minimum atomic E-state index is -0.0799. The van der Waals surface area contributed by atoms with Gasteiger partial charge in [-0.1, -0.05) is 6.07 Å². The van der Waals surface area contributed by atoms with E-state index in [2.05, 4.69) is 15.3 Å². The van der Waals surface area contributed by atoms with Crippen molar-refractivity contribution in [3.63, 3.8) is 0 Å². The third kappa shape index (κ3) is 3.96. The molecule has 3 heterocycles. The first-order chi connectivity index (χ1) is 13.6. The normalized spacial score (nSPS) is 19.4. The van der Waals surface area contributed by atoms with Crippen molar-refractivity contribution in [1.29, 1.82) is 0 Å². The van der Waals surface area contributed by atoms with Crippen molar-refractivity contribution in [2.24, 2.45) is 0 Å². The number of amides is 1. The Morgan fingerprint density at radius 3 is 3.00 bits per heavy atom. The van der Waals surface area contributed by atoms with Gasteiger partial charge >= 0.3 is 5.69 Å². The molecule has 0 bridgehead atoms. The monoisotopic (exact) mass is 385 g/mol. The number of rotatable bonds is 6. The number of benzene rings is 1. The van der Waals surface area contributed by atoms with E-state index in [1.54, 1.807) is 23.9 Å². The zero-order chi connectivity index (χ0) is 19.5. The number of carbonyl (C=O) groups excluding carboxylic acids is 1. The minimum Gasteiger partial charge on any atom is -0.497 e.